The molecule has 0 aromatic carbocycles. The molecule has 1 atom stereocenters. The highest BCUT2D eigenvalue weighted by Gasteiger charge is 2.27. The minimum Gasteiger partial charge on any atom is -0.375 e. The third-order valence-corrected chi connectivity index (χ3v) is 2.90. The highest BCUT2D eigenvalue weighted by Crippen LogP contribution is 2.25. The first kappa shape index (κ1) is 9.76. The van der Waals surface area contributed by atoms with Crippen molar-refractivity contribution in [2.24, 2.45) is 5.84 Å². The molecule has 0 aromatic heterocycles. The van der Waals surface area contributed by atoms with Crippen molar-refractivity contribution >= 4 is 0 Å². The standard InChI is InChI=1S/C9H18N4O/c1-14-8-6-4-2-3-5-7-9(8)11-12-13(7)10/h8,11-12H,2-6,10H2,1H3. The summed E-state index contributed by atoms with van der Waals surface area (Å²) < 4.78 is 5.45. The fourth-order valence-electron chi connectivity index (χ4n) is 2.09. The first-order valence-corrected chi connectivity index (χ1v) is 5.15. The van der Waals surface area contributed by atoms with Gasteiger partial charge in [0.15, 0.2) is 0 Å². The fraction of sp³-hybridized carbons (Fsp3) is 0.778. The van der Waals surface area contributed by atoms with E-state index in [1.165, 1.54) is 19.3 Å². The fourth-order valence-corrected chi connectivity index (χ4v) is 2.09. The SMILES string of the molecule is COC1CCCCCC2=C1NNN2N. The van der Waals surface area contributed by atoms with E-state index in [0.29, 0.717) is 0 Å². The van der Waals surface area contributed by atoms with Crippen LogP contribution in [-0.2, 0) is 4.74 Å². The van der Waals surface area contributed by atoms with Crippen LogP contribution in [0.25, 0.3) is 0 Å². The lowest BCUT2D eigenvalue weighted by Crippen LogP contribution is -2.43. The number of hydrogen-bond acceptors (Lipinski definition) is 5. The van der Waals surface area contributed by atoms with Crippen LogP contribution < -0.4 is 16.8 Å². The van der Waals surface area contributed by atoms with Gasteiger partial charge in [-0.1, -0.05) is 12.8 Å². The Balaban J connectivity index is 2.20. The van der Waals surface area contributed by atoms with Crippen molar-refractivity contribution in [3.63, 3.8) is 0 Å². The molecule has 1 heterocycles. The van der Waals surface area contributed by atoms with Gasteiger partial charge in [-0.05, 0) is 19.3 Å². The van der Waals surface area contributed by atoms with E-state index < -0.39 is 0 Å². The molecule has 4 N–H and O–H groups in total. The molecule has 14 heavy (non-hydrogen) atoms. The first-order valence-electron chi connectivity index (χ1n) is 5.15. The largest absolute Gasteiger partial charge is 0.375 e. The average Bonchev–Trinajstić information content (AvgIpc) is 2.48. The molecule has 0 saturated carbocycles. The molecule has 0 bridgehead atoms. The second kappa shape index (κ2) is 4.16. The van der Waals surface area contributed by atoms with E-state index in [4.69, 9.17) is 10.6 Å². The number of nitrogens with two attached hydrogens (primary N) is 1. The number of hydrogen-bond donors (Lipinski definition) is 3. The van der Waals surface area contributed by atoms with Gasteiger partial charge in [-0.25, -0.2) is 11.0 Å². The van der Waals surface area contributed by atoms with E-state index in [1.54, 1.807) is 12.2 Å². The van der Waals surface area contributed by atoms with Crippen LogP contribution >= 0.6 is 0 Å². The van der Waals surface area contributed by atoms with E-state index in [9.17, 15) is 0 Å². The molecule has 80 valence electrons. The summed E-state index contributed by atoms with van der Waals surface area (Å²) >= 11 is 0. The predicted octanol–water partition coefficient (Wildman–Crippen LogP) is 0.376. The number of allylic oxidation sites excluding steroid dienone is 1. The number of nitrogens with zero attached hydrogens (tertiary/aromatic N) is 1. The molecule has 0 aromatic rings. The van der Waals surface area contributed by atoms with E-state index in [0.717, 1.165) is 24.2 Å². The van der Waals surface area contributed by atoms with Crippen molar-refractivity contribution in [2.45, 2.75) is 38.2 Å². The zero-order valence-electron chi connectivity index (χ0n) is 8.55. The molecular weight excluding hydrogens is 180 g/mol. The summed E-state index contributed by atoms with van der Waals surface area (Å²) in [4.78, 5) is 0. The van der Waals surface area contributed by atoms with E-state index in [2.05, 4.69) is 11.0 Å². The van der Waals surface area contributed by atoms with Crippen LogP contribution in [0.15, 0.2) is 11.4 Å². The van der Waals surface area contributed by atoms with Crippen LogP contribution in [0.5, 0.6) is 0 Å². The molecule has 1 unspecified atom stereocenters. The van der Waals surface area contributed by atoms with Crippen molar-refractivity contribution in [3.05, 3.63) is 11.4 Å². The summed E-state index contributed by atoms with van der Waals surface area (Å²) in [5, 5.41) is 1.56. The third kappa shape index (κ3) is 1.70. The molecule has 1 aliphatic carbocycles. The molecule has 2 aliphatic rings. The van der Waals surface area contributed by atoms with Gasteiger partial charge in [0.1, 0.15) is 0 Å². The van der Waals surface area contributed by atoms with Crippen LogP contribution in [0.2, 0.25) is 0 Å². The first-order chi connectivity index (χ1) is 6.83. The average molecular weight is 198 g/mol. The second-order valence-corrected chi connectivity index (χ2v) is 3.79. The minimum absolute atomic E-state index is 0.159. The van der Waals surface area contributed by atoms with Gasteiger partial charge in [-0.3, -0.25) is 0 Å². The topological polar surface area (TPSA) is 62.5 Å². The van der Waals surface area contributed by atoms with Gasteiger partial charge in [0.2, 0.25) is 0 Å². The lowest BCUT2D eigenvalue weighted by molar-refractivity contribution is 0.114. The maximum absolute atomic E-state index is 5.77. The number of nitrogens with one attached hydrogen (secondary N) is 2. The van der Waals surface area contributed by atoms with Crippen LogP contribution in [0.3, 0.4) is 0 Å². The van der Waals surface area contributed by atoms with Crippen molar-refractivity contribution in [1.29, 1.82) is 0 Å². The molecule has 0 saturated heterocycles. The Morgan fingerprint density at radius 1 is 1.43 bits per heavy atom. The molecular formula is C9H18N4O. The van der Waals surface area contributed by atoms with Crippen LogP contribution in [0, 0.1) is 0 Å². The lowest BCUT2D eigenvalue weighted by Gasteiger charge is -2.20. The van der Waals surface area contributed by atoms with Crippen molar-refractivity contribution in [2.75, 3.05) is 7.11 Å². The Morgan fingerprint density at radius 3 is 3.07 bits per heavy atom. The molecule has 1 aliphatic heterocycles. The summed E-state index contributed by atoms with van der Waals surface area (Å²) in [5.41, 5.74) is 8.21. The smallest absolute Gasteiger partial charge is 0.0998 e. The Hall–Kier alpha value is -0.780. The van der Waals surface area contributed by atoms with Crippen LogP contribution in [0.1, 0.15) is 32.1 Å². The number of rotatable bonds is 1. The van der Waals surface area contributed by atoms with Gasteiger partial charge in [-0.15, -0.1) is 5.53 Å². The van der Waals surface area contributed by atoms with Crippen LogP contribution in [-0.4, -0.2) is 18.3 Å². The maximum atomic E-state index is 5.77. The lowest BCUT2D eigenvalue weighted by atomic mass is 10.00. The third-order valence-electron chi connectivity index (χ3n) is 2.90. The highest BCUT2D eigenvalue weighted by molar-refractivity contribution is 5.18. The maximum Gasteiger partial charge on any atom is 0.0998 e. The Bertz CT molecular complexity index is 241. The summed E-state index contributed by atoms with van der Waals surface area (Å²) in [6.45, 7) is 0. The molecule has 0 radical (unpaired) electrons. The summed E-state index contributed by atoms with van der Waals surface area (Å²) in [6.07, 6.45) is 5.92. The Morgan fingerprint density at radius 2 is 2.29 bits per heavy atom. The normalized spacial score (nSPS) is 28.1. The van der Waals surface area contributed by atoms with Gasteiger partial charge in [-0.2, -0.15) is 0 Å². The highest BCUT2D eigenvalue weighted by atomic mass is 16.5. The number of methoxy groups -OCH3 is 1. The van der Waals surface area contributed by atoms with Gasteiger partial charge in [0, 0.05) is 7.11 Å². The summed E-state index contributed by atoms with van der Waals surface area (Å²) in [7, 11) is 1.75. The van der Waals surface area contributed by atoms with E-state index in [-0.39, 0.29) is 6.10 Å². The van der Waals surface area contributed by atoms with Crippen molar-refractivity contribution in [3.8, 4) is 0 Å². The Labute approximate surface area is 84.2 Å². The minimum atomic E-state index is 0.159. The number of ether oxygens (including phenoxy) is 1. The Kier molecular flexibility index (Phi) is 2.90. The molecule has 0 fully saturated rings. The molecule has 2 rings (SSSR count). The van der Waals surface area contributed by atoms with E-state index in [1.807, 2.05) is 0 Å². The van der Waals surface area contributed by atoms with Gasteiger partial charge in [0.25, 0.3) is 0 Å². The zero-order valence-corrected chi connectivity index (χ0v) is 8.55. The van der Waals surface area contributed by atoms with E-state index >= 15 is 0 Å². The molecule has 0 spiro atoms. The molecule has 5 heteroatoms. The van der Waals surface area contributed by atoms with Crippen molar-refractivity contribution < 1.29 is 4.74 Å². The summed E-state index contributed by atoms with van der Waals surface area (Å²) in [6, 6.07) is 0. The summed E-state index contributed by atoms with van der Waals surface area (Å²) in [5.74, 6) is 5.77. The van der Waals surface area contributed by atoms with Gasteiger partial charge < -0.3 is 10.2 Å². The van der Waals surface area contributed by atoms with Gasteiger partial charge >= 0.3 is 0 Å². The zero-order chi connectivity index (χ0) is 9.97. The predicted molar refractivity (Wildman–Crippen MR) is 53.2 cm³/mol. The van der Waals surface area contributed by atoms with Crippen molar-refractivity contribution in [1.82, 2.24) is 16.1 Å². The monoisotopic (exact) mass is 198 g/mol. The van der Waals surface area contributed by atoms with Crippen LogP contribution in [0.4, 0.5) is 0 Å². The second-order valence-electron chi connectivity index (χ2n) is 3.79. The quantitative estimate of drug-likeness (QED) is 0.532. The molecule has 5 nitrogen and oxygen atoms in total. The number of hydrazine groups is 3. The van der Waals surface area contributed by atoms with Gasteiger partial charge in [0.05, 0.1) is 17.5 Å². The molecule has 0 amide bonds.